The Bertz CT molecular complexity index is 727. The van der Waals surface area contributed by atoms with E-state index in [9.17, 15) is 14.9 Å². The van der Waals surface area contributed by atoms with E-state index in [0.717, 1.165) is 9.37 Å². The minimum absolute atomic E-state index is 0.0131. The van der Waals surface area contributed by atoms with E-state index in [-0.39, 0.29) is 17.3 Å². The van der Waals surface area contributed by atoms with Gasteiger partial charge >= 0.3 is 0 Å². The van der Waals surface area contributed by atoms with Crippen LogP contribution in [0.2, 0.25) is 0 Å². The molecule has 1 N–H and O–H groups in total. The van der Waals surface area contributed by atoms with Crippen molar-refractivity contribution in [3.05, 3.63) is 55.3 Å². The molecule has 120 valence electrons. The number of non-ortho nitro benzene ring substituents is 1. The minimum Gasteiger partial charge on any atom is -0.447 e. The lowest BCUT2D eigenvalue weighted by Gasteiger charge is -2.00. The minimum atomic E-state index is -0.471. The molecule has 1 aromatic carbocycles. The van der Waals surface area contributed by atoms with Gasteiger partial charge in [0.1, 0.15) is 5.76 Å². The third-order valence-corrected chi connectivity index (χ3v) is 5.18. The lowest BCUT2D eigenvalue weighted by molar-refractivity contribution is -0.384. The van der Waals surface area contributed by atoms with Gasteiger partial charge in [-0.3, -0.25) is 14.9 Å². The number of nitrogens with zero attached hydrogens (tertiary/aromatic N) is 2. The second kappa shape index (κ2) is 8.27. The smallest absolute Gasteiger partial charge is 0.269 e. The van der Waals surface area contributed by atoms with E-state index in [1.54, 1.807) is 18.2 Å². The van der Waals surface area contributed by atoms with Crippen LogP contribution in [0.15, 0.2) is 53.9 Å². The molecule has 7 nitrogen and oxygen atoms in total. The number of carbonyl (C=O) groups is 1. The van der Waals surface area contributed by atoms with Gasteiger partial charge in [-0.2, -0.15) is 5.10 Å². The average molecular weight is 463 g/mol. The number of nitrogens with one attached hydrogen (secondary N) is 1. The van der Waals surface area contributed by atoms with Crippen LogP contribution in [-0.2, 0) is 4.79 Å². The van der Waals surface area contributed by atoms with Crippen LogP contribution < -0.4 is 5.43 Å². The predicted molar refractivity (Wildman–Crippen MR) is 93.7 cm³/mol. The molecule has 2 aromatic rings. The summed E-state index contributed by atoms with van der Waals surface area (Å²) in [5, 5.41) is 14.3. The highest BCUT2D eigenvalue weighted by Gasteiger charge is 2.07. The first kappa shape index (κ1) is 17.7. The van der Waals surface area contributed by atoms with Gasteiger partial charge in [-0.15, -0.1) is 11.8 Å². The highest BCUT2D eigenvalue weighted by molar-refractivity contribution is 9.13. The number of carbonyl (C=O) groups excluding carboxylic acids is 1. The average Bonchev–Trinajstić information content (AvgIpc) is 2.84. The van der Waals surface area contributed by atoms with Gasteiger partial charge in [0, 0.05) is 23.1 Å². The van der Waals surface area contributed by atoms with Crippen LogP contribution in [0.5, 0.6) is 0 Å². The van der Waals surface area contributed by atoms with E-state index < -0.39 is 4.92 Å². The van der Waals surface area contributed by atoms with E-state index in [2.05, 4.69) is 42.4 Å². The highest BCUT2D eigenvalue weighted by Crippen LogP contribution is 2.25. The second-order valence-corrected chi connectivity index (χ2v) is 6.73. The van der Waals surface area contributed by atoms with E-state index >= 15 is 0 Å². The number of furan rings is 1. The molecule has 0 unspecified atom stereocenters. The molecule has 10 heteroatoms. The van der Waals surface area contributed by atoms with Crippen molar-refractivity contribution in [1.82, 2.24) is 5.43 Å². The lowest BCUT2D eigenvalue weighted by atomic mass is 10.3. The molecule has 0 saturated heterocycles. The maximum Gasteiger partial charge on any atom is 0.269 e. The summed E-state index contributed by atoms with van der Waals surface area (Å²) in [6.45, 7) is 0. The number of thioether (sulfide) groups is 1. The van der Waals surface area contributed by atoms with Gasteiger partial charge in [0.05, 0.1) is 21.4 Å². The summed E-state index contributed by atoms with van der Waals surface area (Å²) in [4.78, 5) is 22.5. The molecule has 0 spiro atoms. The predicted octanol–water partition coefficient (Wildman–Crippen LogP) is 3.96. The van der Waals surface area contributed by atoms with Gasteiger partial charge in [-0.1, -0.05) is 0 Å². The van der Waals surface area contributed by atoms with Crippen LogP contribution >= 0.6 is 43.6 Å². The fourth-order valence-corrected chi connectivity index (χ4v) is 2.74. The number of rotatable bonds is 6. The van der Waals surface area contributed by atoms with E-state index in [0.29, 0.717) is 10.4 Å². The zero-order valence-electron chi connectivity index (χ0n) is 11.4. The van der Waals surface area contributed by atoms with Gasteiger partial charge in [-0.25, -0.2) is 5.43 Å². The zero-order chi connectivity index (χ0) is 16.8. The second-order valence-electron chi connectivity index (χ2n) is 4.10. The Morgan fingerprint density at radius 3 is 2.65 bits per heavy atom. The van der Waals surface area contributed by atoms with Crippen LogP contribution in [0, 0.1) is 10.1 Å². The third kappa shape index (κ3) is 5.48. The van der Waals surface area contributed by atoms with Crippen LogP contribution in [0.3, 0.4) is 0 Å². The van der Waals surface area contributed by atoms with Crippen molar-refractivity contribution in [3.8, 4) is 0 Å². The number of halogens is 2. The molecular formula is C13H9Br2N3O4S. The summed E-state index contributed by atoms with van der Waals surface area (Å²) < 4.78 is 6.55. The summed E-state index contributed by atoms with van der Waals surface area (Å²) in [6.07, 6.45) is 1.38. The van der Waals surface area contributed by atoms with Crippen molar-refractivity contribution in [2.24, 2.45) is 5.10 Å². The summed E-state index contributed by atoms with van der Waals surface area (Å²) in [5.74, 6) is 0.321. The number of hydrogen-bond donors (Lipinski definition) is 1. The molecule has 0 fully saturated rings. The van der Waals surface area contributed by atoms with Crippen molar-refractivity contribution < 1.29 is 14.1 Å². The molecule has 2 rings (SSSR count). The molecule has 1 heterocycles. The van der Waals surface area contributed by atoms with Crippen LogP contribution in [0.25, 0.3) is 0 Å². The Labute approximate surface area is 151 Å². The zero-order valence-corrected chi connectivity index (χ0v) is 15.4. The highest BCUT2D eigenvalue weighted by atomic mass is 79.9. The van der Waals surface area contributed by atoms with E-state index in [1.165, 1.54) is 30.1 Å². The van der Waals surface area contributed by atoms with Crippen molar-refractivity contribution in [2.75, 3.05) is 5.75 Å². The molecule has 0 radical (unpaired) electrons. The first-order valence-corrected chi connectivity index (χ1v) is 8.67. The molecule has 0 aliphatic carbocycles. The van der Waals surface area contributed by atoms with Gasteiger partial charge in [0.2, 0.25) is 5.91 Å². The third-order valence-electron chi connectivity index (χ3n) is 2.46. The maximum absolute atomic E-state index is 11.7. The molecule has 0 saturated carbocycles. The molecule has 0 bridgehead atoms. The number of hydrogen-bond acceptors (Lipinski definition) is 6. The number of hydrazone groups is 1. The van der Waals surface area contributed by atoms with E-state index in [4.69, 9.17) is 4.42 Å². The molecule has 23 heavy (non-hydrogen) atoms. The Balaban J connectivity index is 1.79. The standard InChI is InChI=1S/C13H9Br2N3O4S/c14-11-5-9(22-13(11)15)6-16-17-12(19)7-23-10-3-1-8(2-4-10)18(20)21/h1-6H,7H2,(H,17,19)/b16-6+. The topological polar surface area (TPSA) is 97.7 Å². The first-order valence-electron chi connectivity index (χ1n) is 6.09. The summed E-state index contributed by atoms with van der Waals surface area (Å²) in [7, 11) is 0. The molecule has 0 aliphatic rings. The largest absolute Gasteiger partial charge is 0.447 e. The van der Waals surface area contributed by atoms with Gasteiger partial charge in [0.15, 0.2) is 4.67 Å². The molecule has 1 aromatic heterocycles. The van der Waals surface area contributed by atoms with Gasteiger partial charge < -0.3 is 4.42 Å². The lowest BCUT2D eigenvalue weighted by Crippen LogP contribution is -2.19. The van der Waals surface area contributed by atoms with Crippen molar-refractivity contribution >= 4 is 61.4 Å². The fraction of sp³-hybridized carbons (Fsp3) is 0.0769. The Morgan fingerprint density at radius 1 is 1.39 bits per heavy atom. The molecule has 0 aliphatic heterocycles. The Morgan fingerprint density at radius 2 is 2.09 bits per heavy atom. The van der Waals surface area contributed by atoms with Crippen molar-refractivity contribution in [3.63, 3.8) is 0 Å². The molecule has 1 amide bonds. The summed E-state index contributed by atoms with van der Waals surface area (Å²) in [5.41, 5.74) is 2.38. The van der Waals surface area contributed by atoms with Crippen LogP contribution in [0.4, 0.5) is 5.69 Å². The fourth-order valence-electron chi connectivity index (χ4n) is 1.44. The number of nitro groups is 1. The first-order chi connectivity index (χ1) is 11.0. The Hall–Kier alpha value is -1.65. The normalized spacial score (nSPS) is 10.9. The monoisotopic (exact) mass is 461 g/mol. The van der Waals surface area contributed by atoms with Crippen molar-refractivity contribution in [1.29, 1.82) is 0 Å². The summed E-state index contributed by atoms with van der Waals surface area (Å²) >= 11 is 7.71. The number of nitro benzene ring substituents is 1. The molecular weight excluding hydrogens is 454 g/mol. The molecule has 0 atom stereocenters. The van der Waals surface area contributed by atoms with Crippen LogP contribution in [-0.4, -0.2) is 22.8 Å². The number of amides is 1. The quantitative estimate of drug-likeness (QED) is 0.303. The van der Waals surface area contributed by atoms with Gasteiger partial charge in [-0.05, 0) is 44.0 Å². The SMILES string of the molecule is O=C(CSc1ccc([N+](=O)[O-])cc1)N/N=C/c1cc(Br)c(Br)o1. The van der Waals surface area contributed by atoms with Gasteiger partial charge in [0.25, 0.3) is 5.69 Å². The number of benzene rings is 1. The maximum atomic E-state index is 11.7. The van der Waals surface area contributed by atoms with Crippen LogP contribution in [0.1, 0.15) is 5.76 Å². The Kier molecular flexibility index (Phi) is 6.37. The summed E-state index contributed by atoms with van der Waals surface area (Å²) in [6, 6.07) is 7.68. The van der Waals surface area contributed by atoms with Crippen molar-refractivity contribution in [2.45, 2.75) is 4.90 Å². The van der Waals surface area contributed by atoms with E-state index in [1.807, 2.05) is 0 Å².